The number of anilines is 1. The van der Waals surface area contributed by atoms with Crippen LogP contribution >= 0.6 is 0 Å². The Balaban J connectivity index is 2.06. The summed E-state index contributed by atoms with van der Waals surface area (Å²) in [7, 11) is 0. The lowest BCUT2D eigenvalue weighted by molar-refractivity contribution is 0.479. The molecule has 1 aliphatic rings. The molecule has 1 aliphatic heterocycles. The van der Waals surface area contributed by atoms with Crippen LogP contribution in [0.2, 0.25) is 0 Å². The van der Waals surface area contributed by atoms with Gasteiger partial charge in [-0.05, 0) is 26.3 Å². The maximum Gasteiger partial charge on any atom is 0.252 e. The molecule has 5 nitrogen and oxygen atoms in total. The summed E-state index contributed by atoms with van der Waals surface area (Å²) < 4.78 is 0. The van der Waals surface area contributed by atoms with Crippen LogP contribution in [0.15, 0.2) is 10.9 Å². The van der Waals surface area contributed by atoms with E-state index in [0.717, 1.165) is 19.5 Å². The molecule has 5 heteroatoms. The van der Waals surface area contributed by atoms with E-state index in [1.807, 2.05) is 0 Å². The maximum atomic E-state index is 11.2. The predicted molar refractivity (Wildman–Crippen MR) is 59.1 cm³/mol. The number of aromatic amines is 1. The molecule has 1 atom stereocenters. The van der Waals surface area contributed by atoms with E-state index >= 15 is 0 Å². The molecule has 0 saturated carbocycles. The van der Waals surface area contributed by atoms with E-state index in [2.05, 4.69) is 20.6 Å². The number of piperidine rings is 1. The van der Waals surface area contributed by atoms with Crippen molar-refractivity contribution in [2.45, 2.75) is 25.8 Å². The third-order valence-corrected chi connectivity index (χ3v) is 2.51. The van der Waals surface area contributed by atoms with Crippen molar-refractivity contribution in [2.24, 2.45) is 0 Å². The van der Waals surface area contributed by atoms with E-state index in [1.165, 1.54) is 12.5 Å². The Kier molecular flexibility index (Phi) is 3.01. The molecule has 82 valence electrons. The van der Waals surface area contributed by atoms with Crippen molar-refractivity contribution < 1.29 is 0 Å². The molecule has 0 bridgehead atoms. The number of aryl methyl sites for hydroxylation is 1. The summed E-state index contributed by atoms with van der Waals surface area (Å²) in [5.74, 6) is 1.32. The first kappa shape index (κ1) is 10.2. The Morgan fingerprint density at radius 2 is 2.47 bits per heavy atom. The molecule has 1 aromatic heterocycles. The minimum atomic E-state index is -0.103. The van der Waals surface area contributed by atoms with Crippen molar-refractivity contribution in [3.8, 4) is 0 Å². The Morgan fingerprint density at radius 1 is 1.60 bits per heavy atom. The van der Waals surface area contributed by atoms with Crippen LogP contribution in [0.1, 0.15) is 18.7 Å². The smallest absolute Gasteiger partial charge is 0.252 e. The lowest BCUT2D eigenvalue weighted by Crippen LogP contribution is -2.38. The van der Waals surface area contributed by atoms with E-state index in [-0.39, 0.29) is 5.56 Å². The molecule has 1 saturated heterocycles. The van der Waals surface area contributed by atoms with E-state index in [4.69, 9.17) is 0 Å². The van der Waals surface area contributed by atoms with E-state index < -0.39 is 0 Å². The van der Waals surface area contributed by atoms with Crippen molar-refractivity contribution in [3.63, 3.8) is 0 Å². The summed E-state index contributed by atoms with van der Waals surface area (Å²) in [6, 6.07) is 1.88. The first-order valence-electron chi connectivity index (χ1n) is 5.29. The largest absolute Gasteiger partial charge is 0.366 e. The second-order valence-corrected chi connectivity index (χ2v) is 3.90. The van der Waals surface area contributed by atoms with Gasteiger partial charge in [0.2, 0.25) is 0 Å². The van der Waals surface area contributed by atoms with Crippen LogP contribution in [0.5, 0.6) is 0 Å². The molecular weight excluding hydrogens is 192 g/mol. The van der Waals surface area contributed by atoms with Crippen LogP contribution in [-0.4, -0.2) is 29.1 Å². The summed E-state index contributed by atoms with van der Waals surface area (Å²) >= 11 is 0. The zero-order chi connectivity index (χ0) is 10.7. The number of aromatic nitrogens is 2. The average molecular weight is 208 g/mol. The molecule has 1 unspecified atom stereocenters. The minimum absolute atomic E-state index is 0.103. The highest BCUT2D eigenvalue weighted by Crippen LogP contribution is 2.08. The Hall–Kier alpha value is -1.36. The molecule has 0 aliphatic carbocycles. The molecule has 2 rings (SSSR count). The quantitative estimate of drug-likeness (QED) is 0.651. The molecule has 0 radical (unpaired) electrons. The molecule has 1 aromatic rings. The van der Waals surface area contributed by atoms with Gasteiger partial charge in [0.25, 0.3) is 5.56 Å². The maximum absolute atomic E-state index is 11.2. The van der Waals surface area contributed by atoms with Gasteiger partial charge in [-0.2, -0.15) is 0 Å². The van der Waals surface area contributed by atoms with Gasteiger partial charge in [-0.15, -0.1) is 0 Å². The third kappa shape index (κ3) is 2.79. The topological polar surface area (TPSA) is 69.8 Å². The predicted octanol–water partition coefficient (Wildman–Crippen LogP) is 0.242. The second kappa shape index (κ2) is 4.44. The Labute approximate surface area is 88.3 Å². The van der Waals surface area contributed by atoms with Gasteiger partial charge in [-0.1, -0.05) is 0 Å². The SMILES string of the molecule is Cc1nc(NC2CCCNC2)cc(=O)[nH]1. The number of nitrogens with one attached hydrogen (secondary N) is 3. The molecule has 1 fully saturated rings. The Bertz CT molecular complexity index is 381. The lowest BCUT2D eigenvalue weighted by atomic mass is 10.1. The summed E-state index contributed by atoms with van der Waals surface area (Å²) in [6.45, 7) is 3.80. The van der Waals surface area contributed by atoms with Crippen molar-refractivity contribution in [2.75, 3.05) is 18.4 Å². The zero-order valence-corrected chi connectivity index (χ0v) is 8.84. The van der Waals surface area contributed by atoms with E-state index in [0.29, 0.717) is 17.7 Å². The molecule has 2 heterocycles. The fourth-order valence-electron chi connectivity index (χ4n) is 1.84. The fourth-order valence-corrected chi connectivity index (χ4v) is 1.84. The summed E-state index contributed by atoms with van der Waals surface area (Å²) in [4.78, 5) is 18.1. The van der Waals surface area contributed by atoms with Crippen LogP contribution in [0, 0.1) is 6.92 Å². The summed E-state index contributed by atoms with van der Waals surface area (Å²) in [5, 5.41) is 6.58. The highest BCUT2D eigenvalue weighted by atomic mass is 16.1. The van der Waals surface area contributed by atoms with Crippen molar-refractivity contribution in [3.05, 3.63) is 22.2 Å². The van der Waals surface area contributed by atoms with Gasteiger partial charge in [0.1, 0.15) is 11.6 Å². The zero-order valence-electron chi connectivity index (χ0n) is 8.84. The molecule has 0 spiro atoms. The van der Waals surface area contributed by atoms with Crippen LogP contribution in [0.25, 0.3) is 0 Å². The molecule has 15 heavy (non-hydrogen) atoms. The molecule has 0 aromatic carbocycles. The lowest BCUT2D eigenvalue weighted by Gasteiger charge is -2.24. The van der Waals surface area contributed by atoms with Gasteiger partial charge in [0, 0.05) is 18.7 Å². The first-order chi connectivity index (χ1) is 7.24. The fraction of sp³-hybridized carbons (Fsp3) is 0.600. The van der Waals surface area contributed by atoms with E-state index in [9.17, 15) is 4.79 Å². The second-order valence-electron chi connectivity index (χ2n) is 3.90. The van der Waals surface area contributed by atoms with Crippen LogP contribution in [-0.2, 0) is 0 Å². The van der Waals surface area contributed by atoms with E-state index in [1.54, 1.807) is 6.92 Å². The number of hydrogen-bond donors (Lipinski definition) is 3. The Morgan fingerprint density at radius 3 is 3.13 bits per heavy atom. The van der Waals surface area contributed by atoms with Gasteiger partial charge < -0.3 is 15.6 Å². The van der Waals surface area contributed by atoms with Crippen LogP contribution in [0.4, 0.5) is 5.82 Å². The normalized spacial score (nSPS) is 21.3. The standard InChI is InChI=1S/C10H16N4O/c1-7-12-9(5-10(15)13-7)14-8-3-2-4-11-6-8/h5,8,11H,2-4,6H2,1H3,(H2,12,13,14,15). The van der Waals surface area contributed by atoms with Gasteiger partial charge in [-0.3, -0.25) is 4.79 Å². The molecular formula is C10H16N4O. The van der Waals surface area contributed by atoms with Crippen molar-refractivity contribution in [1.29, 1.82) is 0 Å². The number of rotatable bonds is 2. The highest BCUT2D eigenvalue weighted by molar-refractivity contribution is 5.34. The third-order valence-electron chi connectivity index (χ3n) is 2.51. The average Bonchev–Trinajstić information content (AvgIpc) is 2.17. The molecule has 3 N–H and O–H groups in total. The van der Waals surface area contributed by atoms with Gasteiger partial charge >= 0.3 is 0 Å². The summed E-state index contributed by atoms with van der Waals surface area (Å²) in [6.07, 6.45) is 2.29. The van der Waals surface area contributed by atoms with Crippen molar-refractivity contribution >= 4 is 5.82 Å². The monoisotopic (exact) mass is 208 g/mol. The van der Waals surface area contributed by atoms with Gasteiger partial charge in [-0.25, -0.2) is 4.98 Å². The first-order valence-corrected chi connectivity index (χ1v) is 5.29. The van der Waals surface area contributed by atoms with Crippen LogP contribution < -0.4 is 16.2 Å². The number of nitrogens with zero attached hydrogens (tertiary/aromatic N) is 1. The number of hydrogen-bond acceptors (Lipinski definition) is 4. The minimum Gasteiger partial charge on any atom is -0.366 e. The van der Waals surface area contributed by atoms with Crippen molar-refractivity contribution in [1.82, 2.24) is 15.3 Å². The molecule has 0 amide bonds. The van der Waals surface area contributed by atoms with Crippen LogP contribution in [0.3, 0.4) is 0 Å². The summed E-state index contributed by atoms with van der Waals surface area (Å²) in [5.41, 5.74) is -0.103. The van der Waals surface area contributed by atoms with Gasteiger partial charge in [0.05, 0.1) is 0 Å². The number of H-pyrrole nitrogens is 1. The highest BCUT2D eigenvalue weighted by Gasteiger charge is 2.12. The van der Waals surface area contributed by atoms with Gasteiger partial charge in [0.15, 0.2) is 0 Å².